The summed E-state index contributed by atoms with van der Waals surface area (Å²) < 4.78 is 31.0. The van der Waals surface area contributed by atoms with Crippen LogP contribution < -0.4 is 0 Å². The van der Waals surface area contributed by atoms with E-state index in [4.69, 9.17) is 5.48 Å². The third-order valence-corrected chi connectivity index (χ3v) is 1.95. The molecule has 3 heteroatoms. The molecule has 2 rings (SSSR count). The fraction of sp³-hybridized carbons (Fsp3) is 0.125. The molecule has 1 heterocycles. The largest absolute Gasteiger partial charge is 0.268 e. The van der Waals surface area contributed by atoms with Crippen LogP contribution in [0.25, 0.3) is 10.9 Å². The Balaban J connectivity index is 2.79. The summed E-state index contributed by atoms with van der Waals surface area (Å²) in [7, 11) is 0. The summed E-state index contributed by atoms with van der Waals surface area (Å²) in [6.45, 7) is -2.34. The molecule has 2 aromatic rings. The summed E-state index contributed by atoms with van der Waals surface area (Å²) in [5, 5.41) is 4.23. The summed E-state index contributed by atoms with van der Waals surface area (Å²) >= 11 is 3.27. The molecule has 0 saturated carbocycles. The predicted molar refractivity (Wildman–Crippen MR) is 48.4 cm³/mol. The lowest BCUT2D eigenvalue weighted by molar-refractivity contribution is 0.797. The van der Waals surface area contributed by atoms with Crippen LogP contribution in [-0.4, -0.2) is 9.78 Å². The second kappa shape index (κ2) is 2.34. The normalized spacial score (nSPS) is 17.2. The van der Waals surface area contributed by atoms with E-state index in [-0.39, 0.29) is 6.17 Å². The molecule has 1 aromatic carbocycles. The van der Waals surface area contributed by atoms with E-state index in [0.717, 1.165) is 9.15 Å². The van der Waals surface area contributed by atoms with E-state index < -0.39 is 6.98 Å². The summed E-state index contributed by atoms with van der Waals surface area (Å²) in [4.78, 5) is 0. The van der Waals surface area contributed by atoms with Crippen molar-refractivity contribution in [1.82, 2.24) is 9.78 Å². The number of rotatable bonds is 0. The van der Waals surface area contributed by atoms with Crippen molar-refractivity contribution in [2.45, 2.75) is 0 Å². The minimum atomic E-state index is -2.34. The van der Waals surface area contributed by atoms with Gasteiger partial charge in [0.2, 0.25) is 0 Å². The van der Waals surface area contributed by atoms with Gasteiger partial charge < -0.3 is 0 Å². The maximum Gasteiger partial charge on any atom is 0.0866 e. The van der Waals surface area contributed by atoms with Crippen LogP contribution in [0.2, 0.25) is 0 Å². The first-order valence-electron chi connectivity index (χ1n) is 5.05. The standard InChI is InChI=1S/C8H7BrN2/c1-11-8-3-2-7(9)4-6(8)5-10-11/h2-5H,1H3/i1D3,5D. The molecule has 0 aliphatic carbocycles. The van der Waals surface area contributed by atoms with Gasteiger partial charge in [-0.3, -0.25) is 4.68 Å². The highest BCUT2D eigenvalue weighted by Gasteiger charge is 1.97. The van der Waals surface area contributed by atoms with E-state index in [1.807, 2.05) is 0 Å². The van der Waals surface area contributed by atoms with Crippen molar-refractivity contribution in [3.05, 3.63) is 28.8 Å². The van der Waals surface area contributed by atoms with Crippen molar-refractivity contribution in [1.29, 1.82) is 0 Å². The minimum Gasteiger partial charge on any atom is -0.268 e. The van der Waals surface area contributed by atoms with Crippen LogP contribution in [0.4, 0.5) is 0 Å². The van der Waals surface area contributed by atoms with Gasteiger partial charge in [-0.25, -0.2) is 0 Å². The number of nitrogens with zero attached hydrogens (tertiary/aromatic N) is 2. The van der Waals surface area contributed by atoms with Crippen molar-refractivity contribution < 1.29 is 5.48 Å². The minimum absolute atomic E-state index is 0.0255. The first kappa shape index (κ1) is 3.72. The number of fused-ring (bicyclic) bond motifs is 1. The van der Waals surface area contributed by atoms with E-state index in [9.17, 15) is 0 Å². The van der Waals surface area contributed by atoms with Gasteiger partial charge in [-0.15, -0.1) is 0 Å². The van der Waals surface area contributed by atoms with Gasteiger partial charge >= 0.3 is 0 Å². The van der Waals surface area contributed by atoms with E-state index in [0.29, 0.717) is 10.9 Å². The zero-order valence-corrected chi connectivity index (χ0v) is 7.09. The van der Waals surface area contributed by atoms with Gasteiger partial charge in [-0.05, 0) is 18.2 Å². The van der Waals surface area contributed by atoms with Gasteiger partial charge in [0, 0.05) is 20.9 Å². The number of hydrogen-bond acceptors (Lipinski definition) is 1. The Kier molecular flexibility index (Phi) is 0.791. The summed E-state index contributed by atoms with van der Waals surface area (Å²) in [6.07, 6.45) is -0.0255. The van der Waals surface area contributed by atoms with E-state index in [1.54, 1.807) is 18.2 Å². The van der Waals surface area contributed by atoms with Crippen molar-refractivity contribution >= 4 is 26.8 Å². The number of aromatic nitrogens is 2. The molecule has 0 saturated heterocycles. The highest BCUT2D eigenvalue weighted by molar-refractivity contribution is 9.10. The molecule has 0 spiro atoms. The second-order valence-corrected chi connectivity index (χ2v) is 3.10. The molecule has 0 bridgehead atoms. The lowest BCUT2D eigenvalue weighted by Gasteiger charge is -1.92. The molecular formula is C8H7BrN2. The Hall–Kier alpha value is -0.830. The van der Waals surface area contributed by atoms with Gasteiger partial charge in [-0.1, -0.05) is 15.9 Å². The van der Waals surface area contributed by atoms with Crippen molar-refractivity contribution in [3.63, 3.8) is 0 Å². The Morgan fingerprint density at radius 1 is 1.73 bits per heavy atom. The van der Waals surface area contributed by atoms with Crippen LogP contribution in [0.5, 0.6) is 0 Å². The quantitative estimate of drug-likeness (QED) is 0.659. The molecule has 0 fully saturated rings. The molecule has 0 aliphatic rings. The van der Waals surface area contributed by atoms with Crippen LogP contribution in [0.1, 0.15) is 5.48 Å². The van der Waals surface area contributed by atoms with Gasteiger partial charge in [0.15, 0.2) is 0 Å². The fourth-order valence-electron chi connectivity index (χ4n) is 0.940. The predicted octanol–water partition coefficient (Wildman–Crippen LogP) is 2.34. The van der Waals surface area contributed by atoms with Gasteiger partial charge in [0.1, 0.15) is 0 Å². The first-order chi connectivity index (χ1) is 6.89. The average molecular weight is 215 g/mol. The van der Waals surface area contributed by atoms with Crippen LogP contribution in [0.3, 0.4) is 0 Å². The summed E-state index contributed by atoms with van der Waals surface area (Å²) in [5.74, 6) is 0. The number of hydrogen-bond donors (Lipinski definition) is 0. The maximum atomic E-state index is 7.56. The lowest BCUT2D eigenvalue weighted by Crippen LogP contribution is -1.87. The molecule has 0 atom stereocenters. The van der Waals surface area contributed by atoms with Gasteiger partial charge in [0.25, 0.3) is 0 Å². The van der Waals surface area contributed by atoms with E-state index in [2.05, 4.69) is 21.0 Å². The highest BCUT2D eigenvalue weighted by Crippen LogP contribution is 2.18. The van der Waals surface area contributed by atoms with Crippen molar-refractivity contribution in [3.8, 4) is 0 Å². The van der Waals surface area contributed by atoms with Crippen LogP contribution in [0.15, 0.2) is 28.8 Å². The van der Waals surface area contributed by atoms with Gasteiger partial charge in [0.05, 0.1) is 13.1 Å². The third-order valence-electron chi connectivity index (χ3n) is 1.46. The SMILES string of the molecule is [2H]c1nn(C([2H])([2H])[2H])c2ccc(Br)cc12. The van der Waals surface area contributed by atoms with Crippen LogP contribution in [0, 0.1) is 0 Å². The van der Waals surface area contributed by atoms with Crippen LogP contribution >= 0.6 is 15.9 Å². The highest BCUT2D eigenvalue weighted by atomic mass is 79.9. The Morgan fingerprint density at radius 2 is 2.64 bits per heavy atom. The lowest BCUT2D eigenvalue weighted by atomic mass is 10.3. The monoisotopic (exact) mass is 214 g/mol. The van der Waals surface area contributed by atoms with Crippen molar-refractivity contribution in [2.24, 2.45) is 6.98 Å². The van der Waals surface area contributed by atoms with Crippen LogP contribution in [-0.2, 0) is 6.98 Å². The van der Waals surface area contributed by atoms with E-state index in [1.165, 1.54) is 0 Å². The molecule has 11 heavy (non-hydrogen) atoms. The van der Waals surface area contributed by atoms with E-state index >= 15 is 0 Å². The first-order valence-corrected chi connectivity index (χ1v) is 3.84. The molecule has 0 radical (unpaired) electrons. The molecule has 56 valence electrons. The number of benzene rings is 1. The number of aryl methyl sites for hydroxylation is 1. The second-order valence-electron chi connectivity index (χ2n) is 2.19. The summed E-state index contributed by atoms with van der Waals surface area (Å²) in [5.41, 5.74) is 0.447. The molecule has 0 aliphatic heterocycles. The Bertz CT molecular complexity index is 517. The van der Waals surface area contributed by atoms with Crippen molar-refractivity contribution in [2.75, 3.05) is 0 Å². The average Bonchev–Trinajstić information content (AvgIpc) is 2.43. The topological polar surface area (TPSA) is 17.8 Å². The maximum absolute atomic E-state index is 7.56. The third kappa shape index (κ3) is 1.05. The fourth-order valence-corrected chi connectivity index (χ4v) is 1.30. The zero-order chi connectivity index (χ0) is 11.2. The smallest absolute Gasteiger partial charge is 0.0866 e. The molecule has 2 nitrogen and oxygen atoms in total. The molecular weight excluding hydrogens is 204 g/mol. The molecule has 0 unspecified atom stereocenters. The number of halogens is 1. The Morgan fingerprint density at radius 3 is 3.45 bits per heavy atom. The molecule has 0 N–H and O–H groups in total. The molecule has 1 aromatic heterocycles. The zero-order valence-electron chi connectivity index (χ0n) is 9.50. The summed E-state index contributed by atoms with van der Waals surface area (Å²) in [6, 6.07) is 5.05. The van der Waals surface area contributed by atoms with Gasteiger partial charge in [-0.2, -0.15) is 5.10 Å². The molecule has 0 amide bonds. The Labute approximate surface area is 78.6 Å².